The van der Waals surface area contributed by atoms with Crippen LogP contribution in [0.5, 0.6) is 0 Å². The van der Waals surface area contributed by atoms with Gasteiger partial charge in [-0.3, -0.25) is 9.59 Å². The van der Waals surface area contributed by atoms with E-state index in [-0.39, 0.29) is 18.4 Å². The summed E-state index contributed by atoms with van der Waals surface area (Å²) >= 11 is 0. The van der Waals surface area contributed by atoms with E-state index in [0.29, 0.717) is 0 Å². The molecule has 0 amide bonds. The van der Waals surface area contributed by atoms with Crippen molar-refractivity contribution in [3.8, 4) is 0 Å². The molecular weight excluding hydrogens is 281 g/mol. The van der Waals surface area contributed by atoms with Crippen LogP contribution >= 0.6 is 0 Å². The van der Waals surface area contributed by atoms with Crippen LogP contribution < -0.4 is 0 Å². The summed E-state index contributed by atoms with van der Waals surface area (Å²) in [6, 6.07) is 9.30. The first kappa shape index (κ1) is 15.2. The van der Waals surface area contributed by atoms with E-state index >= 15 is 0 Å². The number of halogens is 3. The maximum Gasteiger partial charge on any atom is 0.450 e. The lowest BCUT2D eigenvalue weighted by molar-refractivity contribution is -0.176. The van der Waals surface area contributed by atoms with Crippen molar-refractivity contribution < 1.29 is 22.8 Å². The highest BCUT2D eigenvalue weighted by atomic mass is 19.4. The molecule has 5 heteroatoms. The summed E-state index contributed by atoms with van der Waals surface area (Å²) in [6.45, 7) is 0. The van der Waals surface area contributed by atoms with Gasteiger partial charge in [0.1, 0.15) is 0 Å². The third-order valence-corrected chi connectivity index (χ3v) is 3.32. The monoisotopic (exact) mass is 294 g/mol. The standard InChI is InChI=1S/C16H13F3O2/c17-16(18,19)15(21)13-10-9-12(14(13)20)8-4-7-11-5-2-1-3-6-11/h1-8,13H,9-10H2/b7-4?,12-8+. The smallest absolute Gasteiger partial charge is 0.294 e. The Balaban J connectivity index is 2.07. The number of allylic oxidation sites excluding steroid dienone is 3. The zero-order valence-corrected chi connectivity index (χ0v) is 11.1. The molecule has 0 bridgehead atoms. The Morgan fingerprint density at radius 1 is 1.19 bits per heavy atom. The number of Topliss-reactive ketones (excluding diaryl/α,β-unsaturated/α-hetero) is 2. The molecule has 1 saturated carbocycles. The van der Waals surface area contributed by atoms with Gasteiger partial charge in [0.2, 0.25) is 5.78 Å². The topological polar surface area (TPSA) is 34.1 Å². The molecule has 0 spiro atoms. The molecule has 1 aromatic carbocycles. The molecule has 2 nitrogen and oxygen atoms in total. The molecule has 1 fully saturated rings. The number of alkyl halides is 3. The maximum atomic E-state index is 12.3. The van der Waals surface area contributed by atoms with Crippen LogP contribution in [-0.4, -0.2) is 17.7 Å². The fourth-order valence-corrected chi connectivity index (χ4v) is 2.23. The van der Waals surface area contributed by atoms with Crippen LogP contribution in [0.3, 0.4) is 0 Å². The van der Waals surface area contributed by atoms with Crippen molar-refractivity contribution in [2.45, 2.75) is 19.0 Å². The van der Waals surface area contributed by atoms with Crippen LogP contribution in [0.25, 0.3) is 6.08 Å². The lowest BCUT2D eigenvalue weighted by Crippen LogP contribution is -2.32. The number of benzene rings is 1. The van der Waals surface area contributed by atoms with Crippen LogP contribution in [0.4, 0.5) is 13.2 Å². The molecule has 1 aliphatic rings. The van der Waals surface area contributed by atoms with Crippen LogP contribution in [0.2, 0.25) is 0 Å². The van der Waals surface area contributed by atoms with Crippen molar-refractivity contribution in [1.82, 2.24) is 0 Å². The fourth-order valence-electron chi connectivity index (χ4n) is 2.23. The van der Waals surface area contributed by atoms with E-state index in [9.17, 15) is 22.8 Å². The Kier molecular flexibility index (Phi) is 4.40. The minimum atomic E-state index is -4.95. The predicted octanol–water partition coefficient (Wildman–Crippen LogP) is 3.74. The molecule has 2 rings (SSSR count). The number of ketones is 2. The summed E-state index contributed by atoms with van der Waals surface area (Å²) in [5.74, 6) is -4.22. The van der Waals surface area contributed by atoms with Crippen molar-refractivity contribution in [2.24, 2.45) is 5.92 Å². The van der Waals surface area contributed by atoms with Crippen molar-refractivity contribution in [1.29, 1.82) is 0 Å². The summed E-state index contributed by atoms with van der Waals surface area (Å²) in [6.07, 6.45) is 0.0312. The van der Waals surface area contributed by atoms with Gasteiger partial charge in [-0.1, -0.05) is 48.6 Å². The Morgan fingerprint density at radius 2 is 1.86 bits per heavy atom. The molecule has 1 unspecified atom stereocenters. The second-order valence-corrected chi connectivity index (χ2v) is 4.78. The van der Waals surface area contributed by atoms with Gasteiger partial charge in [-0.05, 0) is 24.0 Å². The van der Waals surface area contributed by atoms with Gasteiger partial charge in [-0.2, -0.15) is 13.2 Å². The summed E-state index contributed by atoms with van der Waals surface area (Å²) in [5.41, 5.74) is 1.19. The molecule has 0 heterocycles. The van der Waals surface area contributed by atoms with E-state index in [1.165, 1.54) is 6.08 Å². The highest BCUT2D eigenvalue weighted by Crippen LogP contribution is 2.32. The Morgan fingerprint density at radius 3 is 2.48 bits per heavy atom. The molecule has 0 saturated heterocycles. The van der Waals surface area contributed by atoms with Gasteiger partial charge in [0, 0.05) is 0 Å². The van der Waals surface area contributed by atoms with Crippen molar-refractivity contribution >= 4 is 17.6 Å². The second kappa shape index (κ2) is 6.08. The third-order valence-electron chi connectivity index (χ3n) is 3.32. The first-order valence-electron chi connectivity index (χ1n) is 6.47. The Labute approximate surface area is 120 Å². The van der Waals surface area contributed by atoms with Crippen LogP contribution in [0.15, 0.2) is 48.1 Å². The van der Waals surface area contributed by atoms with Gasteiger partial charge in [-0.15, -0.1) is 0 Å². The molecular formula is C16H13F3O2. The third kappa shape index (κ3) is 3.68. The van der Waals surface area contributed by atoms with E-state index in [1.807, 2.05) is 30.3 Å². The highest BCUT2D eigenvalue weighted by molar-refractivity contribution is 6.13. The normalized spacial score (nSPS) is 21.4. The SMILES string of the molecule is O=C1/C(=C/C=Cc2ccccc2)CCC1C(=O)C(F)(F)F. The molecule has 0 aliphatic heterocycles. The fraction of sp³-hybridized carbons (Fsp3) is 0.250. The van der Waals surface area contributed by atoms with Gasteiger partial charge < -0.3 is 0 Å². The Hall–Kier alpha value is -2.17. The zero-order valence-electron chi connectivity index (χ0n) is 11.1. The number of rotatable bonds is 3. The second-order valence-electron chi connectivity index (χ2n) is 4.78. The number of hydrogen-bond donors (Lipinski definition) is 0. The van der Waals surface area contributed by atoms with Crippen molar-refractivity contribution in [3.63, 3.8) is 0 Å². The average Bonchev–Trinajstić information content (AvgIpc) is 2.80. The van der Waals surface area contributed by atoms with E-state index in [4.69, 9.17) is 0 Å². The summed E-state index contributed by atoms with van der Waals surface area (Å²) < 4.78 is 37.0. The van der Waals surface area contributed by atoms with E-state index in [1.54, 1.807) is 12.2 Å². The molecule has 1 aromatic rings. The summed E-state index contributed by atoms with van der Waals surface area (Å²) in [5, 5.41) is 0. The predicted molar refractivity (Wildman–Crippen MR) is 72.4 cm³/mol. The van der Waals surface area contributed by atoms with Crippen LogP contribution in [0.1, 0.15) is 18.4 Å². The average molecular weight is 294 g/mol. The molecule has 0 radical (unpaired) electrons. The molecule has 0 N–H and O–H groups in total. The Bertz CT molecular complexity index is 598. The number of carbonyl (C=O) groups is 2. The summed E-state index contributed by atoms with van der Waals surface area (Å²) in [4.78, 5) is 22.9. The lowest BCUT2D eigenvalue weighted by Gasteiger charge is -2.09. The highest BCUT2D eigenvalue weighted by Gasteiger charge is 2.48. The molecule has 0 aromatic heterocycles. The molecule has 21 heavy (non-hydrogen) atoms. The van der Waals surface area contributed by atoms with E-state index < -0.39 is 23.7 Å². The van der Waals surface area contributed by atoms with Gasteiger partial charge in [0.05, 0.1) is 5.92 Å². The van der Waals surface area contributed by atoms with E-state index in [0.717, 1.165) is 5.56 Å². The first-order chi connectivity index (χ1) is 9.89. The zero-order chi connectivity index (χ0) is 15.5. The number of carbonyl (C=O) groups excluding carboxylic acids is 2. The van der Waals surface area contributed by atoms with Gasteiger partial charge in [0.25, 0.3) is 0 Å². The molecule has 110 valence electrons. The van der Waals surface area contributed by atoms with Crippen molar-refractivity contribution in [2.75, 3.05) is 0 Å². The van der Waals surface area contributed by atoms with Crippen LogP contribution in [0, 0.1) is 5.92 Å². The lowest BCUT2D eigenvalue weighted by atomic mass is 10.0. The molecule has 1 aliphatic carbocycles. The largest absolute Gasteiger partial charge is 0.450 e. The molecule has 1 atom stereocenters. The van der Waals surface area contributed by atoms with Gasteiger partial charge >= 0.3 is 6.18 Å². The minimum Gasteiger partial charge on any atom is -0.294 e. The minimum absolute atomic E-state index is 0.0673. The summed E-state index contributed by atoms with van der Waals surface area (Å²) in [7, 11) is 0. The van der Waals surface area contributed by atoms with Gasteiger partial charge in [-0.25, -0.2) is 0 Å². The number of hydrogen-bond acceptors (Lipinski definition) is 2. The van der Waals surface area contributed by atoms with Gasteiger partial charge in [0.15, 0.2) is 5.78 Å². The first-order valence-corrected chi connectivity index (χ1v) is 6.47. The van der Waals surface area contributed by atoms with Crippen LogP contribution in [-0.2, 0) is 9.59 Å². The van der Waals surface area contributed by atoms with E-state index in [2.05, 4.69) is 0 Å². The van der Waals surface area contributed by atoms with Crippen molar-refractivity contribution in [3.05, 3.63) is 53.6 Å². The quantitative estimate of drug-likeness (QED) is 0.628. The maximum absolute atomic E-state index is 12.3.